The van der Waals surface area contributed by atoms with E-state index in [1.807, 2.05) is 6.07 Å². The van der Waals surface area contributed by atoms with E-state index in [0.29, 0.717) is 17.0 Å². The second-order valence-corrected chi connectivity index (χ2v) is 7.75. The maximum absolute atomic E-state index is 12.8. The molecule has 0 bridgehead atoms. The van der Waals surface area contributed by atoms with Crippen LogP contribution in [0.2, 0.25) is 0 Å². The molecule has 29 heavy (non-hydrogen) atoms. The number of hydrogen-bond acceptors (Lipinski definition) is 2. The lowest BCUT2D eigenvalue weighted by atomic mass is 9.89. The Kier molecular flexibility index (Phi) is 6.39. The number of carbonyl (C=O) groups is 1. The van der Waals surface area contributed by atoms with Gasteiger partial charge in [0, 0.05) is 35.4 Å². The molecule has 0 spiro atoms. The lowest BCUT2D eigenvalue weighted by Crippen LogP contribution is -2.13. The van der Waals surface area contributed by atoms with Crippen molar-refractivity contribution in [2.75, 3.05) is 5.32 Å². The third-order valence-electron chi connectivity index (χ3n) is 5.66. The van der Waals surface area contributed by atoms with E-state index in [1.165, 1.54) is 29.3 Å². The lowest BCUT2D eigenvalue weighted by molar-refractivity contribution is 0.102. The summed E-state index contributed by atoms with van der Waals surface area (Å²) >= 11 is 0. The number of nitrogens with one attached hydrogen (secondary N) is 1. The highest BCUT2D eigenvalue weighted by Crippen LogP contribution is 2.37. The minimum Gasteiger partial charge on any atom is -0.350 e. The highest BCUT2D eigenvalue weighted by atomic mass is 16.1. The van der Waals surface area contributed by atoms with Crippen LogP contribution < -0.4 is 5.32 Å². The fourth-order valence-electron chi connectivity index (χ4n) is 4.22. The van der Waals surface area contributed by atoms with Crippen LogP contribution in [0.15, 0.2) is 42.6 Å². The van der Waals surface area contributed by atoms with Gasteiger partial charge in [-0.2, -0.15) is 5.26 Å². The topological polar surface area (TPSA) is 57.8 Å². The van der Waals surface area contributed by atoms with Crippen LogP contribution in [0.5, 0.6) is 0 Å². The lowest BCUT2D eigenvalue weighted by Gasteiger charge is -2.17. The Morgan fingerprint density at radius 2 is 1.90 bits per heavy atom. The van der Waals surface area contributed by atoms with Crippen molar-refractivity contribution in [2.24, 2.45) is 7.05 Å². The Hall–Kier alpha value is -3.06. The zero-order valence-corrected chi connectivity index (χ0v) is 17.7. The van der Waals surface area contributed by atoms with Crippen molar-refractivity contribution < 1.29 is 4.79 Å². The van der Waals surface area contributed by atoms with Gasteiger partial charge in [0.25, 0.3) is 5.91 Å². The van der Waals surface area contributed by atoms with E-state index in [4.69, 9.17) is 5.26 Å². The maximum atomic E-state index is 12.8. The number of benzene rings is 2. The molecule has 4 heteroatoms. The van der Waals surface area contributed by atoms with Crippen LogP contribution in [0.25, 0.3) is 10.9 Å². The highest BCUT2D eigenvalue weighted by molar-refractivity contribution is 6.06. The molecule has 0 aliphatic heterocycles. The summed E-state index contributed by atoms with van der Waals surface area (Å²) in [5.41, 5.74) is 5.47. The summed E-state index contributed by atoms with van der Waals surface area (Å²) in [7, 11) is 2.09. The van der Waals surface area contributed by atoms with Crippen LogP contribution in [-0.4, -0.2) is 10.5 Å². The predicted octanol–water partition coefficient (Wildman–Crippen LogP) is 6.29. The van der Waals surface area contributed by atoms with Crippen molar-refractivity contribution in [3.8, 4) is 6.07 Å². The van der Waals surface area contributed by atoms with Gasteiger partial charge in [0.15, 0.2) is 0 Å². The van der Waals surface area contributed by atoms with Gasteiger partial charge in [-0.1, -0.05) is 32.8 Å². The number of rotatable bonds is 7. The average Bonchev–Trinajstić information content (AvgIpc) is 3.07. The molecule has 1 amide bonds. The van der Waals surface area contributed by atoms with Gasteiger partial charge in [-0.25, -0.2) is 0 Å². The van der Waals surface area contributed by atoms with Gasteiger partial charge in [-0.3, -0.25) is 4.79 Å². The van der Waals surface area contributed by atoms with Crippen molar-refractivity contribution in [1.82, 2.24) is 4.57 Å². The highest BCUT2D eigenvalue weighted by Gasteiger charge is 2.19. The Labute approximate surface area is 173 Å². The first-order valence-electron chi connectivity index (χ1n) is 10.4. The van der Waals surface area contributed by atoms with Crippen molar-refractivity contribution in [3.63, 3.8) is 0 Å². The summed E-state index contributed by atoms with van der Waals surface area (Å²) < 4.78 is 2.19. The summed E-state index contributed by atoms with van der Waals surface area (Å²) in [4.78, 5) is 12.8. The number of nitriles is 1. The molecule has 0 saturated carbocycles. The smallest absolute Gasteiger partial charge is 0.255 e. The quantitative estimate of drug-likeness (QED) is 0.517. The minimum atomic E-state index is -0.194. The summed E-state index contributed by atoms with van der Waals surface area (Å²) in [5.74, 6) is 0.339. The number of aryl methyl sites for hydroxylation is 2. The number of amides is 1. The molecule has 0 fully saturated rings. The molecule has 0 saturated heterocycles. The van der Waals surface area contributed by atoms with Crippen LogP contribution in [0.4, 0.5) is 5.69 Å². The largest absolute Gasteiger partial charge is 0.350 e. The van der Waals surface area contributed by atoms with Gasteiger partial charge >= 0.3 is 0 Å². The number of nitrogens with zero attached hydrogens (tertiary/aromatic N) is 2. The van der Waals surface area contributed by atoms with Crippen molar-refractivity contribution >= 4 is 22.5 Å². The average molecular weight is 388 g/mol. The molecule has 0 aliphatic carbocycles. The second kappa shape index (κ2) is 8.96. The molecule has 0 unspecified atom stereocenters. The number of anilines is 1. The minimum absolute atomic E-state index is 0.194. The SMILES string of the molecule is CCCC(CCC)c1cn(C)c2ccc(NC(=O)c3cccc(C#N)c3)c(C)c12. The van der Waals surface area contributed by atoms with E-state index in [1.54, 1.807) is 24.3 Å². The van der Waals surface area contributed by atoms with E-state index >= 15 is 0 Å². The summed E-state index contributed by atoms with van der Waals surface area (Å²) in [5, 5.41) is 13.4. The molecule has 1 heterocycles. The standard InChI is InChI=1S/C25H29N3O/c1-5-8-19(9-6-2)21-16-28(4)23-13-12-22(17(3)24(21)23)27-25(29)20-11-7-10-18(14-20)15-26/h7,10-14,16,19H,5-6,8-9H2,1-4H3,(H,27,29). The van der Waals surface area contributed by atoms with Crippen LogP contribution in [0.1, 0.15) is 72.5 Å². The summed E-state index contributed by atoms with van der Waals surface area (Å²) in [6.45, 7) is 6.56. The third kappa shape index (κ3) is 4.19. The first-order valence-corrected chi connectivity index (χ1v) is 10.4. The van der Waals surface area contributed by atoms with Crippen molar-refractivity contribution in [2.45, 2.75) is 52.4 Å². The molecule has 150 valence electrons. The van der Waals surface area contributed by atoms with Gasteiger partial charge in [0.1, 0.15) is 0 Å². The van der Waals surface area contributed by atoms with Crippen LogP contribution in [-0.2, 0) is 7.05 Å². The summed E-state index contributed by atoms with van der Waals surface area (Å²) in [6.07, 6.45) is 6.92. The molecule has 0 radical (unpaired) electrons. The Balaban J connectivity index is 2.01. The number of hydrogen-bond donors (Lipinski definition) is 1. The third-order valence-corrected chi connectivity index (χ3v) is 5.66. The fourth-order valence-corrected chi connectivity index (χ4v) is 4.22. The molecular formula is C25H29N3O. The van der Waals surface area contributed by atoms with E-state index in [2.05, 4.69) is 56.0 Å². The molecule has 2 aromatic carbocycles. The molecule has 1 aromatic heterocycles. The van der Waals surface area contributed by atoms with Crippen LogP contribution in [0, 0.1) is 18.3 Å². The fraction of sp³-hybridized carbons (Fsp3) is 0.360. The molecule has 3 rings (SSSR count). The normalized spacial score (nSPS) is 11.0. The molecule has 0 aliphatic rings. The first-order chi connectivity index (χ1) is 14.0. The van der Waals surface area contributed by atoms with Crippen LogP contribution >= 0.6 is 0 Å². The number of carbonyl (C=O) groups excluding carboxylic acids is 1. The zero-order valence-electron chi connectivity index (χ0n) is 17.7. The molecule has 4 nitrogen and oxygen atoms in total. The monoisotopic (exact) mass is 387 g/mol. The Morgan fingerprint density at radius 3 is 2.55 bits per heavy atom. The summed E-state index contributed by atoms with van der Waals surface area (Å²) in [6, 6.07) is 12.9. The maximum Gasteiger partial charge on any atom is 0.255 e. The number of fused-ring (bicyclic) bond motifs is 1. The van der Waals surface area contributed by atoms with Gasteiger partial charge < -0.3 is 9.88 Å². The number of aromatic nitrogens is 1. The molecule has 3 aromatic rings. The second-order valence-electron chi connectivity index (χ2n) is 7.75. The van der Waals surface area contributed by atoms with E-state index in [0.717, 1.165) is 24.1 Å². The van der Waals surface area contributed by atoms with Crippen molar-refractivity contribution in [3.05, 3.63) is 64.8 Å². The van der Waals surface area contributed by atoms with E-state index < -0.39 is 0 Å². The Morgan fingerprint density at radius 1 is 1.17 bits per heavy atom. The van der Waals surface area contributed by atoms with Crippen molar-refractivity contribution in [1.29, 1.82) is 5.26 Å². The van der Waals surface area contributed by atoms with Gasteiger partial charge in [0.2, 0.25) is 0 Å². The van der Waals surface area contributed by atoms with Gasteiger partial charge in [-0.15, -0.1) is 0 Å². The molecule has 1 N–H and O–H groups in total. The van der Waals surface area contributed by atoms with Gasteiger partial charge in [0.05, 0.1) is 11.6 Å². The van der Waals surface area contributed by atoms with E-state index in [-0.39, 0.29) is 5.91 Å². The zero-order chi connectivity index (χ0) is 21.0. The van der Waals surface area contributed by atoms with Gasteiger partial charge in [-0.05, 0) is 67.1 Å². The van der Waals surface area contributed by atoms with Crippen LogP contribution in [0.3, 0.4) is 0 Å². The van der Waals surface area contributed by atoms with E-state index in [9.17, 15) is 4.79 Å². The molecule has 0 atom stereocenters. The first kappa shape index (κ1) is 20.7. The molecular weight excluding hydrogens is 358 g/mol. The predicted molar refractivity (Wildman–Crippen MR) is 119 cm³/mol. The Bertz CT molecular complexity index is 1070.